The number of benzene rings is 3. The SMILES string of the molecule is CC(C)N(C(=O)c1cc2c(cc1C(F)(F)F)OC(C)(c1ccccc1)C(=O)N2CCNC(=O)OCc1ccccc1)[C@@H]1CCCN(C(=O)O)C1. The lowest BCUT2D eigenvalue weighted by atomic mass is 9.91. The first-order valence-corrected chi connectivity index (χ1v) is 16.3. The molecule has 14 heteroatoms. The molecule has 11 nitrogen and oxygen atoms in total. The number of anilines is 1. The Hall–Kier alpha value is -5.27. The molecule has 1 fully saturated rings. The Morgan fingerprint density at radius 3 is 2.36 bits per heavy atom. The zero-order chi connectivity index (χ0) is 36.2. The minimum atomic E-state index is -4.99. The van der Waals surface area contributed by atoms with E-state index < -0.39 is 59.0 Å². The smallest absolute Gasteiger partial charge is 0.417 e. The van der Waals surface area contributed by atoms with Crippen LogP contribution in [0.5, 0.6) is 5.75 Å². The standard InChI is InChI=1S/C36H39F3N4O7/c1-23(2)43(26-15-10-17-41(21-26)34(47)48)31(44)27-19-29-30(20-28(27)36(37,38)39)50-35(3,25-13-8-5-9-14-25)32(45)42(29)18-16-40-33(46)49-22-24-11-6-4-7-12-24/h4-9,11-14,19-20,23,26H,10,15-18,21-22H2,1-3H3,(H,40,46)(H,47,48)/t26-,35?/m1/s1. The summed E-state index contributed by atoms with van der Waals surface area (Å²) in [4.78, 5) is 56.3. The largest absolute Gasteiger partial charge is 0.471 e. The highest BCUT2D eigenvalue weighted by Gasteiger charge is 2.48. The first-order valence-electron chi connectivity index (χ1n) is 16.3. The van der Waals surface area contributed by atoms with E-state index >= 15 is 0 Å². The predicted octanol–water partition coefficient (Wildman–Crippen LogP) is 6.27. The molecule has 2 aliphatic rings. The van der Waals surface area contributed by atoms with Gasteiger partial charge in [0.2, 0.25) is 5.60 Å². The second kappa shape index (κ2) is 14.7. The molecule has 0 aromatic heterocycles. The molecule has 1 saturated heterocycles. The number of halogens is 3. The maximum Gasteiger partial charge on any atom is 0.417 e. The van der Waals surface area contributed by atoms with Gasteiger partial charge in [-0.2, -0.15) is 13.2 Å². The van der Waals surface area contributed by atoms with Crippen LogP contribution in [0.25, 0.3) is 0 Å². The Morgan fingerprint density at radius 1 is 1.08 bits per heavy atom. The summed E-state index contributed by atoms with van der Waals surface area (Å²) >= 11 is 0. The number of ether oxygens (including phenoxy) is 2. The molecule has 1 unspecified atom stereocenters. The molecular weight excluding hydrogens is 657 g/mol. The molecule has 0 aliphatic carbocycles. The van der Waals surface area contributed by atoms with Gasteiger partial charge in [0.15, 0.2) is 0 Å². The van der Waals surface area contributed by atoms with Gasteiger partial charge in [-0.15, -0.1) is 0 Å². The van der Waals surface area contributed by atoms with Crippen molar-refractivity contribution in [3.05, 3.63) is 95.1 Å². The highest BCUT2D eigenvalue weighted by molar-refractivity contribution is 6.05. The monoisotopic (exact) mass is 696 g/mol. The van der Waals surface area contributed by atoms with Gasteiger partial charge in [-0.05, 0) is 51.3 Å². The Bertz CT molecular complexity index is 1720. The number of carbonyl (C=O) groups is 4. The number of carbonyl (C=O) groups excluding carboxylic acids is 3. The van der Waals surface area contributed by atoms with Crippen molar-refractivity contribution in [3.63, 3.8) is 0 Å². The van der Waals surface area contributed by atoms with Crippen LogP contribution < -0.4 is 15.0 Å². The van der Waals surface area contributed by atoms with Gasteiger partial charge in [0.05, 0.1) is 22.9 Å². The average molecular weight is 697 g/mol. The van der Waals surface area contributed by atoms with E-state index in [1.165, 1.54) is 16.7 Å². The van der Waals surface area contributed by atoms with Crippen LogP contribution in [0, 0.1) is 0 Å². The molecule has 0 bridgehead atoms. The number of likely N-dealkylation sites (tertiary alicyclic amines) is 1. The highest BCUT2D eigenvalue weighted by atomic mass is 19.4. The molecule has 2 N–H and O–H groups in total. The number of nitrogens with one attached hydrogen (secondary N) is 1. The van der Waals surface area contributed by atoms with Crippen molar-refractivity contribution in [3.8, 4) is 5.75 Å². The van der Waals surface area contributed by atoms with Crippen LogP contribution in [0.15, 0.2) is 72.8 Å². The molecule has 0 radical (unpaired) electrons. The van der Waals surface area contributed by atoms with Crippen molar-refractivity contribution >= 4 is 29.7 Å². The van der Waals surface area contributed by atoms with Gasteiger partial charge in [-0.3, -0.25) is 9.59 Å². The van der Waals surface area contributed by atoms with Crippen molar-refractivity contribution in [2.45, 2.75) is 64.1 Å². The van der Waals surface area contributed by atoms with E-state index in [-0.39, 0.29) is 44.2 Å². The Morgan fingerprint density at radius 2 is 1.74 bits per heavy atom. The fourth-order valence-corrected chi connectivity index (χ4v) is 6.42. The number of amides is 4. The Balaban J connectivity index is 1.51. The van der Waals surface area contributed by atoms with Crippen LogP contribution in [-0.4, -0.2) is 77.2 Å². The second-order valence-corrected chi connectivity index (χ2v) is 12.6. The van der Waals surface area contributed by atoms with Crippen molar-refractivity contribution < 1.29 is 46.9 Å². The van der Waals surface area contributed by atoms with E-state index in [0.29, 0.717) is 18.4 Å². The second-order valence-electron chi connectivity index (χ2n) is 12.6. The molecular formula is C36H39F3N4O7. The first kappa shape index (κ1) is 36.0. The number of rotatable bonds is 9. The van der Waals surface area contributed by atoms with Crippen LogP contribution in [-0.2, 0) is 27.9 Å². The molecule has 2 heterocycles. The molecule has 50 heavy (non-hydrogen) atoms. The number of piperidine rings is 1. The molecule has 266 valence electrons. The van der Waals surface area contributed by atoms with Gasteiger partial charge >= 0.3 is 18.4 Å². The van der Waals surface area contributed by atoms with Crippen LogP contribution in [0.2, 0.25) is 0 Å². The van der Waals surface area contributed by atoms with Crippen molar-refractivity contribution in [1.29, 1.82) is 0 Å². The molecule has 2 aliphatic heterocycles. The number of alkyl carbamates (subject to hydrolysis) is 1. The number of alkyl halides is 3. The van der Waals surface area contributed by atoms with E-state index in [1.54, 1.807) is 68.4 Å². The lowest BCUT2D eigenvalue weighted by Gasteiger charge is -2.42. The van der Waals surface area contributed by atoms with Crippen molar-refractivity contribution in [2.75, 3.05) is 31.1 Å². The summed E-state index contributed by atoms with van der Waals surface area (Å²) in [6.07, 6.45) is -6.11. The fourth-order valence-electron chi connectivity index (χ4n) is 6.42. The molecule has 4 amide bonds. The summed E-state index contributed by atoms with van der Waals surface area (Å²) in [5, 5.41) is 12.1. The summed E-state index contributed by atoms with van der Waals surface area (Å²) in [5.74, 6) is -1.87. The van der Waals surface area contributed by atoms with Gasteiger partial charge in [0.25, 0.3) is 11.8 Å². The predicted molar refractivity (Wildman–Crippen MR) is 177 cm³/mol. The quantitative estimate of drug-likeness (QED) is 0.270. The highest BCUT2D eigenvalue weighted by Crippen LogP contribution is 2.46. The third-order valence-corrected chi connectivity index (χ3v) is 8.89. The summed E-state index contributed by atoms with van der Waals surface area (Å²) in [5.41, 5.74) is -2.66. The fraction of sp³-hybridized carbons (Fsp3) is 0.389. The number of carboxylic acid groups (broad SMARTS) is 1. The topological polar surface area (TPSA) is 129 Å². The van der Waals surface area contributed by atoms with E-state index in [4.69, 9.17) is 9.47 Å². The number of hydrogen-bond acceptors (Lipinski definition) is 6. The van der Waals surface area contributed by atoms with Gasteiger partial charge in [0.1, 0.15) is 12.4 Å². The molecule has 3 aromatic carbocycles. The van der Waals surface area contributed by atoms with Crippen LogP contribution >= 0.6 is 0 Å². The average Bonchev–Trinajstić information content (AvgIpc) is 3.09. The van der Waals surface area contributed by atoms with Gasteiger partial charge < -0.3 is 34.6 Å². The van der Waals surface area contributed by atoms with Gasteiger partial charge in [0, 0.05) is 37.8 Å². The Labute approximate surface area is 287 Å². The summed E-state index contributed by atoms with van der Waals surface area (Å²) in [6.45, 7) is 4.61. The third-order valence-electron chi connectivity index (χ3n) is 8.89. The summed E-state index contributed by atoms with van der Waals surface area (Å²) in [6, 6.07) is 17.8. The number of hydrogen-bond donors (Lipinski definition) is 2. The van der Waals surface area contributed by atoms with Crippen molar-refractivity contribution in [1.82, 2.24) is 15.1 Å². The van der Waals surface area contributed by atoms with Crippen LogP contribution in [0.1, 0.15) is 60.7 Å². The minimum absolute atomic E-state index is 0.00132. The van der Waals surface area contributed by atoms with E-state index in [1.807, 2.05) is 6.07 Å². The molecule has 0 spiro atoms. The van der Waals surface area contributed by atoms with E-state index in [9.17, 15) is 37.5 Å². The zero-order valence-corrected chi connectivity index (χ0v) is 27.9. The van der Waals surface area contributed by atoms with Crippen LogP contribution in [0.4, 0.5) is 28.4 Å². The summed E-state index contributed by atoms with van der Waals surface area (Å²) < 4.78 is 55.7. The molecule has 3 aromatic rings. The molecule has 0 saturated carbocycles. The van der Waals surface area contributed by atoms with Gasteiger partial charge in [-0.1, -0.05) is 60.7 Å². The lowest BCUT2D eigenvalue weighted by molar-refractivity contribution is -0.138. The molecule has 5 rings (SSSR count). The maximum absolute atomic E-state index is 14.8. The third kappa shape index (κ3) is 7.63. The minimum Gasteiger partial charge on any atom is -0.471 e. The van der Waals surface area contributed by atoms with E-state index in [0.717, 1.165) is 22.6 Å². The maximum atomic E-state index is 14.8. The van der Waals surface area contributed by atoms with Crippen LogP contribution in [0.3, 0.4) is 0 Å². The Kier molecular flexibility index (Phi) is 10.6. The normalized spacial score (nSPS) is 19.0. The molecule has 2 atom stereocenters. The lowest BCUT2D eigenvalue weighted by Crippen LogP contribution is -2.55. The number of nitrogens with zero attached hydrogens (tertiary/aromatic N) is 3. The summed E-state index contributed by atoms with van der Waals surface area (Å²) in [7, 11) is 0. The van der Waals surface area contributed by atoms with E-state index in [2.05, 4.69) is 5.32 Å². The van der Waals surface area contributed by atoms with Crippen molar-refractivity contribution in [2.24, 2.45) is 0 Å². The zero-order valence-electron chi connectivity index (χ0n) is 27.9. The first-order chi connectivity index (χ1) is 23.7. The van der Waals surface area contributed by atoms with Gasteiger partial charge in [-0.25, -0.2) is 9.59 Å². The number of fused-ring (bicyclic) bond motifs is 1.